The van der Waals surface area contributed by atoms with Crippen LogP contribution in [0.1, 0.15) is 0 Å². The quantitative estimate of drug-likeness (QED) is 0.502. The van der Waals surface area contributed by atoms with Crippen molar-refractivity contribution in [2.75, 3.05) is 7.11 Å². The van der Waals surface area contributed by atoms with Crippen LogP contribution in [0.15, 0.2) is 67.0 Å². The van der Waals surface area contributed by atoms with E-state index in [0.717, 1.165) is 16.5 Å². The first-order valence-corrected chi connectivity index (χ1v) is 8.30. The van der Waals surface area contributed by atoms with Gasteiger partial charge < -0.3 is 9.47 Å². The predicted octanol–water partition coefficient (Wildman–Crippen LogP) is 5.15. The van der Waals surface area contributed by atoms with Gasteiger partial charge in [-0.3, -0.25) is 4.98 Å². The average molecular weight is 364 g/mol. The number of fused-ring (bicyclic) bond motifs is 1. The van der Waals surface area contributed by atoms with Gasteiger partial charge in [0.2, 0.25) is 5.88 Å². The number of nitrogens with zero attached hydrogens (tertiary/aromatic N) is 3. The van der Waals surface area contributed by atoms with Gasteiger partial charge >= 0.3 is 0 Å². The Labute approximate surface area is 155 Å². The summed E-state index contributed by atoms with van der Waals surface area (Å²) in [6, 6.07) is 16.5. The van der Waals surface area contributed by atoms with Crippen LogP contribution in [0.3, 0.4) is 0 Å². The maximum atomic E-state index is 6.02. The Morgan fingerprint density at radius 1 is 0.923 bits per heavy atom. The lowest BCUT2D eigenvalue weighted by Crippen LogP contribution is -1.97. The minimum atomic E-state index is 0.440. The number of ether oxygens (including phenoxy) is 2. The first-order chi connectivity index (χ1) is 12.7. The van der Waals surface area contributed by atoms with E-state index in [9.17, 15) is 0 Å². The zero-order valence-corrected chi connectivity index (χ0v) is 14.6. The molecule has 6 heteroatoms. The SMILES string of the molecule is COc1ccc2nc(-c3cccnc3)nc(Oc3ccc(Cl)cc3)c2c1. The molecule has 2 aromatic carbocycles. The molecule has 0 aliphatic heterocycles. The second-order valence-electron chi connectivity index (χ2n) is 5.53. The van der Waals surface area contributed by atoms with E-state index < -0.39 is 0 Å². The van der Waals surface area contributed by atoms with Crippen molar-refractivity contribution in [2.24, 2.45) is 0 Å². The molecule has 2 aromatic heterocycles. The Hall–Kier alpha value is -3.18. The molecule has 0 fully saturated rings. The fourth-order valence-electron chi connectivity index (χ4n) is 2.52. The summed E-state index contributed by atoms with van der Waals surface area (Å²) in [4.78, 5) is 13.4. The van der Waals surface area contributed by atoms with Crippen molar-refractivity contribution in [3.63, 3.8) is 0 Å². The highest BCUT2D eigenvalue weighted by Gasteiger charge is 2.13. The van der Waals surface area contributed by atoms with Gasteiger partial charge in [-0.05, 0) is 54.6 Å². The molecule has 0 aliphatic rings. The lowest BCUT2D eigenvalue weighted by Gasteiger charge is -2.11. The zero-order valence-electron chi connectivity index (χ0n) is 13.9. The number of pyridine rings is 1. The monoisotopic (exact) mass is 363 g/mol. The number of methoxy groups -OCH3 is 1. The smallest absolute Gasteiger partial charge is 0.230 e. The van der Waals surface area contributed by atoms with Crippen molar-refractivity contribution in [1.29, 1.82) is 0 Å². The van der Waals surface area contributed by atoms with Crippen molar-refractivity contribution in [1.82, 2.24) is 15.0 Å². The van der Waals surface area contributed by atoms with Gasteiger partial charge in [-0.2, -0.15) is 4.98 Å². The number of benzene rings is 2. The van der Waals surface area contributed by atoms with Crippen LogP contribution in [0.5, 0.6) is 17.4 Å². The second kappa shape index (κ2) is 6.98. The molecule has 0 amide bonds. The van der Waals surface area contributed by atoms with Gasteiger partial charge in [0.1, 0.15) is 11.5 Å². The highest BCUT2D eigenvalue weighted by molar-refractivity contribution is 6.30. The highest BCUT2D eigenvalue weighted by Crippen LogP contribution is 2.32. The minimum Gasteiger partial charge on any atom is -0.497 e. The maximum absolute atomic E-state index is 6.02. The molecule has 128 valence electrons. The van der Waals surface area contributed by atoms with Crippen LogP contribution in [-0.2, 0) is 0 Å². The summed E-state index contributed by atoms with van der Waals surface area (Å²) < 4.78 is 11.3. The first kappa shape index (κ1) is 16.3. The standard InChI is InChI=1S/C20H14ClN3O2/c1-25-16-8-9-18-17(11-16)20(26-15-6-4-14(21)5-7-15)24-19(23-18)13-3-2-10-22-12-13/h2-12H,1H3. The minimum absolute atomic E-state index is 0.440. The maximum Gasteiger partial charge on any atom is 0.230 e. The molecule has 0 radical (unpaired) electrons. The van der Waals surface area contributed by atoms with Crippen LogP contribution in [-0.4, -0.2) is 22.1 Å². The zero-order chi connectivity index (χ0) is 17.9. The Bertz CT molecular complexity index is 1050. The summed E-state index contributed by atoms with van der Waals surface area (Å²) in [5, 5.41) is 1.40. The molecular formula is C20H14ClN3O2. The third-order valence-electron chi connectivity index (χ3n) is 3.82. The molecule has 4 aromatic rings. The number of halogens is 1. The first-order valence-electron chi connectivity index (χ1n) is 7.92. The molecule has 0 saturated carbocycles. The molecule has 0 bridgehead atoms. The lowest BCUT2D eigenvalue weighted by atomic mass is 10.2. The number of hydrogen-bond donors (Lipinski definition) is 0. The Kier molecular flexibility index (Phi) is 4.37. The van der Waals surface area contributed by atoms with Gasteiger partial charge in [-0.25, -0.2) is 4.98 Å². The fourth-order valence-corrected chi connectivity index (χ4v) is 2.65. The third kappa shape index (κ3) is 3.30. The van der Waals surface area contributed by atoms with Crippen LogP contribution in [0.2, 0.25) is 5.02 Å². The lowest BCUT2D eigenvalue weighted by molar-refractivity contribution is 0.415. The molecule has 0 N–H and O–H groups in total. The molecule has 4 rings (SSSR count). The van der Waals surface area contributed by atoms with Crippen LogP contribution in [0.4, 0.5) is 0 Å². The summed E-state index contributed by atoms with van der Waals surface area (Å²) in [5.74, 6) is 2.32. The van der Waals surface area contributed by atoms with Crippen LogP contribution in [0, 0.1) is 0 Å². The predicted molar refractivity (Wildman–Crippen MR) is 101 cm³/mol. The van der Waals surface area contributed by atoms with E-state index in [0.29, 0.717) is 28.2 Å². The van der Waals surface area contributed by atoms with Crippen molar-refractivity contribution in [3.05, 3.63) is 72.0 Å². The van der Waals surface area contributed by atoms with E-state index in [-0.39, 0.29) is 0 Å². The van der Waals surface area contributed by atoms with Crippen molar-refractivity contribution < 1.29 is 9.47 Å². The van der Waals surface area contributed by atoms with E-state index in [1.165, 1.54) is 0 Å². The molecule has 26 heavy (non-hydrogen) atoms. The summed E-state index contributed by atoms with van der Waals surface area (Å²) in [6.45, 7) is 0. The molecule has 0 aliphatic carbocycles. The van der Waals surface area contributed by atoms with Crippen molar-refractivity contribution >= 4 is 22.5 Å². The van der Waals surface area contributed by atoms with Gasteiger partial charge in [0.25, 0.3) is 0 Å². The van der Waals surface area contributed by atoms with Gasteiger partial charge in [-0.1, -0.05) is 11.6 Å². The molecule has 0 atom stereocenters. The van der Waals surface area contributed by atoms with Crippen LogP contribution >= 0.6 is 11.6 Å². The summed E-state index contributed by atoms with van der Waals surface area (Å²) in [6.07, 6.45) is 3.43. The van der Waals surface area contributed by atoms with Crippen molar-refractivity contribution in [3.8, 4) is 28.8 Å². The summed E-state index contributed by atoms with van der Waals surface area (Å²) in [5.41, 5.74) is 1.56. The average Bonchev–Trinajstić information content (AvgIpc) is 2.70. The Morgan fingerprint density at radius 3 is 2.46 bits per heavy atom. The van der Waals surface area contributed by atoms with E-state index in [2.05, 4.69) is 15.0 Å². The number of aromatic nitrogens is 3. The van der Waals surface area contributed by atoms with Gasteiger partial charge in [0, 0.05) is 23.0 Å². The van der Waals surface area contributed by atoms with Crippen LogP contribution < -0.4 is 9.47 Å². The fraction of sp³-hybridized carbons (Fsp3) is 0.0500. The van der Waals surface area contributed by atoms with E-state index in [1.807, 2.05) is 30.3 Å². The Morgan fingerprint density at radius 2 is 1.73 bits per heavy atom. The molecule has 0 saturated heterocycles. The van der Waals surface area contributed by atoms with E-state index >= 15 is 0 Å². The summed E-state index contributed by atoms with van der Waals surface area (Å²) in [7, 11) is 1.62. The normalized spacial score (nSPS) is 10.7. The van der Waals surface area contributed by atoms with Gasteiger partial charge in [-0.15, -0.1) is 0 Å². The van der Waals surface area contributed by atoms with E-state index in [4.69, 9.17) is 21.1 Å². The second-order valence-corrected chi connectivity index (χ2v) is 5.97. The van der Waals surface area contributed by atoms with E-state index in [1.54, 1.807) is 43.8 Å². The third-order valence-corrected chi connectivity index (χ3v) is 4.07. The molecule has 2 heterocycles. The topological polar surface area (TPSA) is 57.1 Å². The van der Waals surface area contributed by atoms with Gasteiger partial charge in [0.15, 0.2) is 5.82 Å². The molecular weight excluding hydrogens is 350 g/mol. The highest BCUT2D eigenvalue weighted by atomic mass is 35.5. The number of hydrogen-bond acceptors (Lipinski definition) is 5. The van der Waals surface area contributed by atoms with Gasteiger partial charge in [0.05, 0.1) is 18.0 Å². The Balaban J connectivity index is 1.87. The largest absolute Gasteiger partial charge is 0.497 e. The molecule has 0 spiro atoms. The molecule has 0 unspecified atom stereocenters. The molecule has 5 nitrogen and oxygen atoms in total. The van der Waals surface area contributed by atoms with Crippen LogP contribution in [0.25, 0.3) is 22.3 Å². The number of rotatable bonds is 4. The summed E-state index contributed by atoms with van der Waals surface area (Å²) >= 11 is 5.95. The van der Waals surface area contributed by atoms with Crippen molar-refractivity contribution in [2.45, 2.75) is 0 Å².